The van der Waals surface area contributed by atoms with Gasteiger partial charge in [0.05, 0.1) is 19.2 Å². The Labute approximate surface area is 163 Å². The van der Waals surface area contributed by atoms with Gasteiger partial charge in [0, 0.05) is 23.3 Å². The van der Waals surface area contributed by atoms with Gasteiger partial charge in [-0.1, -0.05) is 24.3 Å². The van der Waals surface area contributed by atoms with Crippen LogP contribution in [0.2, 0.25) is 0 Å². The summed E-state index contributed by atoms with van der Waals surface area (Å²) in [6, 6.07) is 19.4. The molecule has 28 heavy (non-hydrogen) atoms. The van der Waals surface area contributed by atoms with Crippen molar-refractivity contribution in [2.45, 2.75) is 0 Å². The molecule has 6 nitrogen and oxygen atoms in total. The highest BCUT2D eigenvalue weighted by atomic mass is 16.5. The number of nitrogens with one attached hydrogen (secondary N) is 1. The van der Waals surface area contributed by atoms with Gasteiger partial charge >= 0.3 is 0 Å². The van der Waals surface area contributed by atoms with Crippen LogP contribution in [0.15, 0.2) is 73.1 Å². The summed E-state index contributed by atoms with van der Waals surface area (Å²) >= 11 is 0. The van der Waals surface area contributed by atoms with Gasteiger partial charge in [0.1, 0.15) is 12.4 Å². The molecule has 0 radical (unpaired) electrons. The lowest BCUT2D eigenvalue weighted by Gasteiger charge is -2.13. The van der Waals surface area contributed by atoms with E-state index in [1.54, 1.807) is 19.5 Å². The predicted octanol–water partition coefficient (Wildman–Crippen LogP) is 4.19. The molecule has 2 aromatic heterocycles. The fourth-order valence-electron chi connectivity index (χ4n) is 2.90. The topological polar surface area (TPSA) is 69.2 Å². The Morgan fingerprint density at radius 3 is 2.54 bits per heavy atom. The van der Waals surface area contributed by atoms with Gasteiger partial charge in [0.2, 0.25) is 0 Å². The Morgan fingerprint density at radius 2 is 1.71 bits per heavy atom. The number of para-hydroxylation sites is 3. The largest absolute Gasteiger partial charge is 0.493 e. The third-order valence-electron chi connectivity index (χ3n) is 4.24. The first-order valence-corrected chi connectivity index (χ1v) is 9.02. The fourth-order valence-corrected chi connectivity index (χ4v) is 2.90. The van der Waals surface area contributed by atoms with Gasteiger partial charge < -0.3 is 14.8 Å². The maximum Gasteiger partial charge on any atom is 0.163 e. The number of pyridine rings is 1. The summed E-state index contributed by atoms with van der Waals surface area (Å²) in [4.78, 5) is 13.5. The van der Waals surface area contributed by atoms with E-state index in [0.29, 0.717) is 24.7 Å². The van der Waals surface area contributed by atoms with Crippen LogP contribution in [0.4, 0.5) is 5.82 Å². The summed E-state index contributed by atoms with van der Waals surface area (Å²) in [5, 5.41) is 4.33. The van der Waals surface area contributed by atoms with E-state index in [9.17, 15) is 0 Å². The van der Waals surface area contributed by atoms with Crippen LogP contribution >= 0.6 is 0 Å². The van der Waals surface area contributed by atoms with E-state index in [4.69, 9.17) is 14.5 Å². The average Bonchev–Trinajstić information content (AvgIpc) is 2.77. The van der Waals surface area contributed by atoms with Crippen LogP contribution in [0.25, 0.3) is 22.3 Å². The Bertz CT molecular complexity index is 1070. The number of hydrogen-bond donors (Lipinski definition) is 1. The molecule has 0 aliphatic rings. The summed E-state index contributed by atoms with van der Waals surface area (Å²) in [5.41, 5.74) is 1.76. The number of fused-ring (bicyclic) bond motifs is 1. The molecule has 0 unspecified atom stereocenters. The molecule has 1 N–H and O–H groups in total. The van der Waals surface area contributed by atoms with E-state index < -0.39 is 0 Å². The van der Waals surface area contributed by atoms with E-state index in [1.165, 1.54) is 0 Å². The minimum absolute atomic E-state index is 0.473. The van der Waals surface area contributed by atoms with Crippen LogP contribution in [-0.4, -0.2) is 35.2 Å². The average molecular weight is 372 g/mol. The monoisotopic (exact) mass is 372 g/mol. The highest BCUT2D eigenvalue weighted by molar-refractivity contribution is 5.90. The van der Waals surface area contributed by atoms with E-state index in [0.717, 1.165) is 28.0 Å². The number of hydrogen-bond acceptors (Lipinski definition) is 6. The summed E-state index contributed by atoms with van der Waals surface area (Å²) in [7, 11) is 1.63. The van der Waals surface area contributed by atoms with Crippen molar-refractivity contribution in [3.05, 3.63) is 73.1 Å². The third-order valence-corrected chi connectivity index (χ3v) is 4.24. The summed E-state index contributed by atoms with van der Waals surface area (Å²) in [5.74, 6) is 2.84. The molecule has 0 saturated heterocycles. The van der Waals surface area contributed by atoms with Crippen LogP contribution in [-0.2, 0) is 0 Å². The standard InChI is InChI=1S/C22H20N4O2/c1-27-19-10-4-5-11-20(19)28-14-13-24-22-17-8-2-3-9-18(17)25-21(26-22)16-7-6-12-23-15-16/h2-12,15H,13-14H2,1H3,(H,24,25,26). The third kappa shape index (κ3) is 3.86. The second-order valence-corrected chi connectivity index (χ2v) is 6.08. The number of aromatic nitrogens is 3. The highest BCUT2D eigenvalue weighted by Gasteiger charge is 2.09. The van der Waals surface area contributed by atoms with Crippen molar-refractivity contribution < 1.29 is 9.47 Å². The molecule has 4 aromatic rings. The minimum atomic E-state index is 0.473. The molecule has 6 heteroatoms. The molecule has 0 fully saturated rings. The number of methoxy groups -OCH3 is 1. The lowest BCUT2D eigenvalue weighted by atomic mass is 10.2. The highest BCUT2D eigenvalue weighted by Crippen LogP contribution is 2.26. The first kappa shape index (κ1) is 17.7. The number of nitrogens with zero attached hydrogens (tertiary/aromatic N) is 3. The lowest BCUT2D eigenvalue weighted by Crippen LogP contribution is -2.13. The summed E-state index contributed by atoms with van der Waals surface area (Å²) in [6.07, 6.45) is 3.50. The molecule has 2 aromatic carbocycles. The number of benzene rings is 2. The van der Waals surface area contributed by atoms with Gasteiger partial charge in [-0.3, -0.25) is 4.98 Å². The van der Waals surface area contributed by atoms with Crippen LogP contribution in [0.1, 0.15) is 0 Å². The van der Waals surface area contributed by atoms with Crippen molar-refractivity contribution in [1.82, 2.24) is 15.0 Å². The van der Waals surface area contributed by atoms with E-state index in [-0.39, 0.29) is 0 Å². The Morgan fingerprint density at radius 1 is 0.893 bits per heavy atom. The SMILES string of the molecule is COc1ccccc1OCCNc1nc(-c2cccnc2)nc2ccccc12. The Kier molecular flexibility index (Phi) is 5.29. The van der Waals surface area contributed by atoms with Crippen LogP contribution in [0, 0.1) is 0 Å². The first-order chi connectivity index (χ1) is 13.8. The molecule has 0 aliphatic heterocycles. The fraction of sp³-hybridized carbons (Fsp3) is 0.136. The van der Waals surface area contributed by atoms with Gasteiger partial charge in [-0.2, -0.15) is 0 Å². The maximum atomic E-state index is 5.84. The van der Waals surface area contributed by atoms with Gasteiger partial charge in [-0.15, -0.1) is 0 Å². The molecule has 0 saturated carbocycles. The van der Waals surface area contributed by atoms with Crippen molar-refractivity contribution in [3.63, 3.8) is 0 Å². The first-order valence-electron chi connectivity index (χ1n) is 9.02. The zero-order valence-corrected chi connectivity index (χ0v) is 15.5. The zero-order valence-electron chi connectivity index (χ0n) is 15.5. The van der Waals surface area contributed by atoms with Gasteiger partial charge in [-0.25, -0.2) is 9.97 Å². The van der Waals surface area contributed by atoms with Crippen molar-refractivity contribution in [3.8, 4) is 22.9 Å². The van der Waals surface area contributed by atoms with Crippen molar-refractivity contribution >= 4 is 16.7 Å². The molecular formula is C22H20N4O2. The Balaban J connectivity index is 1.53. The second kappa shape index (κ2) is 8.35. The zero-order chi connectivity index (χ0) is 19.2. The normalized spacial score (nSPS) is 10.6. The minimum Gasteiger partial charge on any atom is -0.493 e. The quantitative estimate of drug-likeness (QED) is 0.491. The van der Waals surface area contributed by atoms with Gasteiger partial charge in [-0.05, 0) is 36.4 Å². The van der Waals surface area contributed by atoms with Crippen molar-refractivity contribution in [2.75, 3.05) is 25.6 Å². The van der Waals surface area contributed by atoms with E-state index in [1.807, 2.05) is 60.7 Å². The van der Waals surface area contributed by atoms with E-state index >= 15 is 0 Å². The molecule has 0 atom stereocenters. The van der Waals surface area contributed by atoms with Crippen molar-refractivity contribution in [1.29, 1.82) is 0 Å². The number of ether oxygens (including phenoxy) is 2. The predicted molar refractivity (Wildman–Crippen MR) is 110 cm³/mol. The molecule has 4 rings (SSSR count). The van der Waals surface area contributed by atoms with Gasteiger partial charge in [0.15, 0.2) is 17.3 Å². The molecule has 0 bridgehead atoms. The molecule has 2 heterocycles. The molecule has 0 aliphatic carbocycles. The number of rotatable bonds is 7. The summed E-state index contributed by atoms with van der Waals surface area (Å²) < 4.78 is 11.1. The van der Waals surface area contributed by atoms with Crippen LogP contribution < -0.4 is 14.8 Å². The van der Waals surface area contributed by atoms with Crippen LogP contribution in [0.3, 0.4) is 0 Å². The van der Waals surface area contributed by atoms with E-state index in [2.05, 4.69) is 15.3 Å². The molecule has 0 spiro atoms. The second-order valence-electron chi connectivity index (χ2n) is 6.08. The summed E-state index contributed by atoms with van der Waals surface area (Å²) in [6.45, 7) is 1.06. The number of anilines is 1. The Hall–Kier alpha value is -3.67. The van der Waals surface area contributed by atoms with Crippen LogP contribution in [0.5, 0.6) is 11.5 Å². The molecular weight excluding hydrogens is 352 g/mol. The lowest BCUT2D eigenvalue weighted by molar-refractivity contribution is 0.306. The molecule has 140 valence electrons. The molecule has 0 amide bonds. The smallest absolute Gasteiger partial charge is 0.163 e. The maximum absolute atomic E-state index is 5.84. The van der Waals surface area contributed by atoms with Gasteiger partial charge in [0.25, 0.3) is 0 Å². The van der Waals surface area contributed by atoms with Crippen molar-refractivity contribution in [2.24, 2.45) is 0 Å².